The van der Waals surface area contributed by atoms with E-state index in [1.165, 1.54) is 4.21 Å². The largest absolute Gasteiger partial charge is 0.260 e. The minimum Gasteiger partial charge on any atom is -0.260 e. The van der Waals surface area contributed by atoms with Gasteiger partial charge in [-0.25, -0.2) is 0 Å². The molecule has 1 radical (unpaired) electrons. The number of rotatable bonds is 2. The minimum atomic E-state index is 1.11. The second-order valence-corrected chi connectivity index (χ2v) is 3.68. The molecule has 1 heterocycles. The van der Waals surface area contributed by atoms with Crippen LogP contribution in [0, 0.1) is 0 Å². The summed E-state index contributed by atoms with van der Waals surface area (Å²) in [5, 5.41) is 0. The molecule has 0 aliphatic rings. The van der Waals surface area contributed by atoms with E-state index in [1.54, 1.807) is 23.1 Å². The molecule has 1 rings (SSSR count). The van der Waals surface area contributed by atoms with Crippen LogP contribution in [-0.4, -0.2) is 18.5 Å². The van der Waals surface area contributed by atoms with Crippen LogP contribution in [0.4, 0.5) is 0 Å². The summed E-state index contributed by atoms with van der Waals surface area (Å²) in [5.41, 5.74) is 0. The zero-order valence-electron chi connectivity index (χ0n) is 5.42. The first-order chi connectivity index (χ1) is 4.36. The molecular formula is C5H7BNS2. The lowest BCUT2D eigenvalue weighted by Gasteiger charge is -1.80. The lowest BCUT2D eigenvalue weighted by molar-refractivity contribution is 1.41. The third-order valence-electron chi connectivity index (χ3n) is 0.950. The van der Waals surface area contributed by atoms with Crippen LogP contribution >= 0.6 is 23.1 Å². The first kappa shape index (κ1) is 7.16. The van der Waals surface area contributed by atoms with E-state index in [0.717, 1.165) is 4.91 Å². The van der Waals surface area contributed by atoms with Crippen LogP contribution < -0.4 is 4.91 Å². The minimum absolute atomic E-state index is 1.11. The van der Waals surface area contributed by atoms with Crippen LogP contribution in [0.3, 0.4) is 0 Å². The summed E-state index contributed by atoms with van der Waals surface area (Å²) in [4.78, 5) is 5.26. The van der Waals surface area contributed by atoms with Gasteiger partial charge in [-0.3, -0.25) is 4.98 Å². The number of thiazole rings is 1. The van der Waals surface area contributed by atoms with Crippen molar-refractivity contribution in [3.8, 4) is 0 Å². The SMILES string of the molecule is C[B]c1ncc(SC)s1. The maximum absolute atomic E-state index is 4.15. The van der Waals surface area contributed by atoms with Gasteiger partial charge in [-0.05, 0) is 6.26 Å². The molecular weight excluding hydrogens is 149 g/mol. The quantitative estimate of drug-likeness (QED) is 0.472. The van der Waals surface area contributed by atoms with E-state index in [9.17, 15) is 0 Å². The molecule has 1 nitrogen and oxygen atoms in total. The fourth-order valence-electron chi connectivity index (χ4n) is 0.500. The normalized spacial score (nSPS) is 9.56. The second kappa shape index (κ2) is 3.27. The van der Waals surface area contributed by atoms with Gasteiger partial charge in [0.15, 0.2) is 7.28 Å². The molecule has 0 unspecified atom stereocenters. The Hall–Kier alpha value is 0.0449. The van der Waals surface area contributed by atoms with Gasteiger partial charge in [-0.15, -0.1) is 23.1 Å². The number of hydrogen-bond donors (Lipinski definition) is 0. The summed E-state index contributed by atoms with van der Waals surface area (Å²) in [6.07, 6.45) is 3.97. The van der Waals surface area contributed by atoms with Crippen molar-refractivity contribution >= 4 is 35.3 Å². The zero-order chi connectivity index (χ0) is 6.69. The van der Waals surface area contributed by atoms with E-state index in [2.05, 4.69) is 11.2 Å². The Morgan fingerprint density at radius 1 is 1.78 bits per heavy atom. The highest BCUT2D eigenvalue weighted by Gasteiger charge is 1.96. The third kappa shape index (κ3) is 1.73. The Balaban J connectivity index is 2.74. The van der Waals surface area contributed by atoms with Crippen molar-refractivity contribution in [1.29, 1.82) is 0 Å². The zero-order valence-corrected chi connectivity index (χ0v) is 7.05. The highest BCUT2D eigenvalue weighted by atomic mass is 32.2. The molecule has 0 fully saturated rings. The molecule has 0 amide bonds. The maximum Gasteiger partial charge on any atom is 0.188 e. The van der Waals surface area contributed by atoms with Gasteiger partial charge in [-0.2, -0.15) is 0 Å². The fourth-order valence-corrected chi connectivity index (χ4v) is 1.78. The molecule has 1 aromatic heterocycles. The van der Waals surface area contributed by atoms with Gasteiger partial charge in [-0.1, -0.05) is 6.82 Å². The van der Waals surface area contributed by atoms with Gasteiger partial charge in [0.2, 0.25) is 0 Å². The van der Waals surface area contributed by atoms with Crippen molar-refractivity contribution in [2.45, 2.75) is 11.0 Å². The summed E-state index contributed by atoms with van der Waals surface area (Å²) in [6.45, 7) is 2.00. The van der Waals surface area contributed by atoms with Crippen molar-refractivity contribution in [3.63, 3.8) is 0 Å². The third-order valence-corrected chi connectivity index (χ3v) is 3.07. The average molecular weight is 156 g/mol. The average Bonchev–Trinajstić information content (AvgIpc) is 2.34. The lowest BCUT2D eigenvalue weighted by Crippen LogP contribution is -2.06. The molecule has 0 saturated carbocycles. The molecule has 0 N–H and O–H groups in total. The van der Waals surface area contributed by atoms with Gasteiger partial charge in [0.05, 0.1) is 10.4 Å². The predicted octanol–water partition coefficient (Wildman–Crippen LogP) is 1.24. The molecule has 0 atom stereocenters. The molecule has 0 saturated heterocycles. The molecule has 0 aromatic carbocycles. The molecule has 47 valence electrons. The Labute approximate surface area is 64.1 Å². The second-order valence-electron chi connectivity index (χ2n) is 1.51. The summed E-state index contributed by atoms with van der Waals surface area (Å²) < 4.78 is 1.28. The van der Waals surface area contributed by atoms with E-state index in [1.807, 2.05) is 20.3 Å². The van der Waals surface area contributed by atoms with E-state index >= 15 is 0 Å². The number of hydrogen-bond acceptors (Lipinski definition) is 3. The summed E-state index contributed by atoms with van der Waals surface area (Å²) in [5.74, 6) is 0. The Morgan fingerprint density at radius 3 is 2.89 bits per heavy atom. The Morgan fingerprint density at radius 2 is 2.56 bits per heavy atom. The smallest absolute Gasteiger partial charge is 0.188 e. The number of aromatic nitrogens is 1. The molecule has 1 aromatic rings. The van der Waals surface area contributed by atoms with Crippen LogP contribution in [0.15, 0.2) is 10.4 Å². The lowest BCUT2D eigenvalue weighted by atomic mass is 9.84. The van der Waals surface area contributed by atoms with Crippen molar-refractivity contribution in [3.05, 3.63) is 6.20 Å². The van der Waals surface area contributed by atoms with Gasteiger partial charge >= 0.3 is 0 Å². The fraction of sp³-hybridized carbons (Fsp3) is 0.400. The van der Waals surface area contributed by atoms with E-state index < -0.39 is 0 Å². The number of thioether (sulfide) groups is 1. The van der Waals surface area contributed by atoms with E-state index in [4.69, 9.17) is 0 Å². The van der Waals surface area contributed by atoms with Gasteiger partial charge in [0.1, 0.15) is 0 Å². The van der Waals surface area contributed by atoms with Crippen LogP contribution in [-0.2, 0) is 0 Å². The molecule has 9 heavy (non-hydrogen) atoms. The van der Waals surface area contributed by atoms with Crippen LogP contribution in [0.25, 0.3) is 0 Å². The van der Waals surface area contributed by atoms with E-state index in [0.29, 0.717) is 0 Å². The molecule has 0 aliphatic carbocycles. The van der Waals surface area contributed by atoms with Crippen molar-refractivity contribution in [1.82, 2.24) is 4.98 Å². The van der Waals surface area contributed by atoms with Crippen LogP contribution in [0.2, 0.25) is 6.82 Å². The highest BCUT2D eigenvalue weighted by molar-refractivity contribution is 8.00. The maximum atomic E-state index is 4.15. The Kier molecular flexibility index (Phi) is 2.60. The van der Waals surface area contributed by atoms with Crippen molar-refractivity contribution < 1.29 is 0 Å². The first-order valence-electron chi connectivity index (χ1n) is 2.66. The van der Waals surface area contributed by atoms with E-state index in [-0.39, 0.29) is 0 Å². The summed E-state index contributed by atoms with van der Waals surface area (Å²) in [7, 11) is 2.02. The molecule has 4 heteroatoms. The van der Waals surface area contributed by atoms with Gasteiger partial charge in [0.25, 0.3) is 0 Å². The monoisotopic (exact) mass is 156 g/mol. The van der Waals surface area contributed by atoms with Gasteiger partial charge < -0.3 is 0 Å². The van der Waals surface area contributed by atoms with Crippen molar-refractivity contribution in [2.75, 3.05) is 6.26 Å². The Bertz CT molecular complexity index is 168. The number of nitrogens with zero attached hydrogens (tertiary/aromatic N) is 1. The summed E-state index contributed by atoms with van der Waals surface area (Å²) >= 11 is 3.47. The molecule has 0 bridgehead atoms. The topological polar surface area (TPSA) is 12.9 Å². The first-order valence-corrected chi connectivity index (χ1v) is 4.70. The van der Waals surface area contributed by atoms with Crippen LogP contribution in [0.1, 0.15) is 0 Å². The van der Waals surface area contributed by atoms with Gasteiger partial charge in [0, 0.05) is 4.91 Å². The standard InChI is InChI=1S/C5H7BNS2/c1-6-5-7-3-4(8-2)9-5/h3H,1-2H3. The molecule has 0 aliphatic heterocycles. The summed E-state index contributed by atoms with van der Waals surface area (Å²) in [6, 6.07) is 0. The highest BCUT2D eigenvalue weighted by Crippen LogP contribution is 2.16. The predicted molar refractivity (Wildman–Crippen MR) is 45.1 cm³/mol. The molecule has 0 spiro atoms. The van der Waals surface area contributed by atoms with Crippen molar-refractivity contribution in [2.24, 2.45) is 0 Å². The van der Waals surface area contributed by atoms with Crippen LogP contribution in [0.5, 0.6) is 0 Å².